The molecule has 1 aliphatic heterocycles. The van der Waals surface area contributed by atoms with Crippen LogP contribution < -0.4 is 5.73 Å². The lowest BCUT2D eigenvalue weighted by atomic mass is 9.67. The molecule has 2 fully saturated rings. The van der Waals surface area contributed by atoms with Gasteiger partial charge in [-0.15, -0.1) is 0 Å². The average molecular weight is 309 g/mol. The molecule has 0 aromatic heterocycles. The third-order valence-corrected chi connectivity index (χ3v) is 5.10. The summed E-state index contributed by atoms with van der Waals surface area (Å²) in [6.07, 6.45) is 5.04. The minimum atomic E-state index is -0.378. The van der Waals surface area contributed by atoms with Gasteiger partial charge in [-0.2, -0.15) is 0 Å². The van der Waals surface area contributed by atoms with E-state index in [0.717, 1.165) is 25.8 Å². The molecule has 2 atom stereocenters. The zero-order chi connectivity index (χ0) is 16.3. The molecule has 0 spiro atoms. The molecule has 0 aromatic carbocycles. The van der Waals surface area contributed by atoms with Gasteiger partial charge in [0.05, 0.1) is 0 Å². The quantitative estimate of drug-likeness (QED) is 0.851. The Hall–Kier alpha value is -1.26. The highest BCUT2D eigenvalue weighted by Crippen LogP contribution is 2.42. The van der Waals surface area contributed by atoms with Crippen LogP contribution in [0.25, 0.3) is 0 Å². The highest BCUT2D eigenvalue weighted by atomic mass is 16.2. The predicted molar refractivity (Wildman–Crippen MR) is 87.3 cm³/mol. The van der Waals surface area contributed by atoms with E-state index < -0.39 is 0 Å². The van der Waals surface area contributed by atoms with Gasteiger partial charge in [0.1, 0.15) is 0 Å². The normalized spacial score (nSPS) is 29.0. The first-order valence-electron chi connectivity index (χ1n) is 8.59. The molecule has 5 heteroatoms. The van der Waals surface area contributed by atoms with E-state index >= 15 is 0 Å². The average Bonchev–Trinajstić information content (AvgIpc) is 2.61. The van der Waals surface area contributed by atoms with E-state index in [1.54, 1.807) is 4.90 Å². The lowest BCUT2D eigenvalue weighted by Gasteiger charge is -2.39. The first kappa shape index (κ1) is 17.1. The van der Waals surface area contributed by atoms with Gasteiger partial charge < -0.3 is 15.5 Å². The number of nitrogens with zero attached hydrogens (tertiary/aromatic N) is 2. The van der Waals surface area contributed by atoms with Gasteiger partial charge in [-0.3, -0.25) is 4.79 Å². The van der Waals surface area contributed by atoms with Gasteiger partial charge in [-0.05, 0) is 42.9 Å². The number of carbonyl (C=O) groups excluding carboxylic acids is 2. The van der Waals surface area contributed by atoms with Crippen molar-refractivity contribution in [2.24, 2.45) is 23.0 Å². The van der Waals surface area contributed by atoms with Crippen LogP contribution in [-0.2, 0) is 4.79 Å². The first-order chi connectivity index (χ1) is 10.3. The van der Waals surface area contributed by atoms with Gasteiger partial charge in [-0.1, -0.05) is 20.8 Å². The van der Waals surface area contributed by atoms with Crippen LogP contribution in [0, 0.1) is 17.3 Å². The van der Waals surface area contributed by atoms with Crippen molar-refractivity contribution < 1.29 is 9.59 Å². The summed E-state index contributed by atoms with van der Waals surface area (Å²) in [7, 11) is 0. The maximum absolute atomic E-state index is 12.6. The van der Waals surface area contributed by atoms with Gasteiger partial charge in [0.15, 0.2) is 0 Å². The van der Waals surface area contributed by atoms with E-state index in [1.165, 1.54) is 6.42 Å². The fourth-order valence-corrected chi connectivity index (χ4v) is 4.46. The maximum atomic E-state index is 12.6. The second kappa shape index (κ2) is 6.88. The van der Waals surface area contributed by atoms with Crippen LogP contribution in [0.1, 0.15) is 52.9 Å². The van der Waals surface area contributed by atoms with Crippen molar-refractivity contribution in [2.45, 2.75) is 52.9 Å². The van der Waals surface area contributed by atoms with Crippen LogP contribution in [0.4, 0.5) is 4.79 Å². The van der Waals surface area contributed by atoms with E-state index in [1.807, 2.05) is 4.90 Å². The highest BCUT2D eigenvalue weighted by Gasteiger charge is 2.33. The first-order valence-corrected chi connectivity index (χ1v) is 8.59. The Morgan fingerprint density at radius 3 is 2.36 bits per heavy atom. The number of amides is 3. The fraction of sp³-hybridized carbons (Fsp3) is 0.882. The van der Waals surface area contributed by atoms with E-state index in [0.29, 0.717) is 43.3 Å². The van der Waals surface area contributed by atoms with Crippen molar-refractivity contribution in [2.75, 3.05) is 26.2 Å². The Morgan fingerprint density at radius 1 is 1.09 bits per heavy atom. The minimum absolute atomic E-state index is 0.251. The van der Waals surface area contributed by atoms with Gasteiger partial charge in [0, 0.05) is 32.6 Å². The number of primary amides is 1. The zero-order valence-corrected chi connectivity index (χ0v) is 14.3. The van der Waals surface area contributed by atoms with Crippen molar-refractivity contribution in [3.8, 4) is 0 Å². The molecule has 0 aromatic rings. The molecule has 0 bridgehead atoms. The van der Waals surface area contributed by atoms with Crippen LogP contribution in [-0.4, -0.2) is 47.9 Å². The lowest BCUT2D eigenvalue weighted by Crippen LogP contribution is -2.40. The number of hydrogen-bond donors (Lipinski definition) is 1. The third-order valence-electron chi connectivity index (χ3n) is 5.10. The molecule has 0 radical (unpaired) electrons. The highest BCUT2D eigenvalue weighted by molar-refractivity contribution is 5.77. The van der Waals surface area contributed by atoms with Crippen molar-refractivity contribution in [1.82, 2.24) is 9.80 Å². The third kappa shape index (κ3) is 4.62. The Kier molecular flexibility index (Phi) is 5.35. The van der Waals surface area contributed by atoms with Gasteiger partial charge >= 0.3 is 6.03 Å². The number of hydrogen-bond acceptors (Lipinski definition) is 2. The largest absolute Gasteiger partial charge is 0.351 e. The molecule has 3 amide bonds. The SMILES string of the molecule is C[C@@H]1C[C@H](CC(=O)N2CCCN(C(N)=O)CC2)CC(C)(C)C1. The number of carbonyl (C=O) groups is 2. The summed E-state index contributed by atoms with van der Waals surface area (Å²) in [6, 6.07) is -0.378. The molecule has 1 aliphatic carbocycles. The summed E-state index contributed by atoms with van der Waals surface area (Å²) >= 11 is 0. The van der Waals surface area contributed by atoms with E-state index in [9.17, 15) is 9.59 Å². The summed E-state index contributed by atoms with van der Waals surface area (Å²) in [5.41, 5.74) is 5.69. The molecular weight excluding hydrogens is 278 g/mol. The Balaban J connectivity index is 1.88. The number of rotatable bonds is 2. The Morgan fingerprint density at radius 2 is 1.73 bits per heavy atom. The van der Waals surface area contributed by atoms with E-state index in [-0.39, 0.29) is 11.9 Å². The summed E-state index contributed by atoms with van der Waals surface area (Å²) in [5.74, 6) is 1.46. The van der Waals surface area contributed by atoms with Gasteiger partial charge in [-0.25, -0.2) is 4.79 Å². The second-order valence-corrected chi connectivity index (χ2v) is 8.04. The van der Waals surface area contributed by atoms with E-state index in [2.05, 4.69) is 20.8 Å². The summed E-state index contributed by atoms with van der Waals surface area (Å²) in [5, 5.41) is 0. The predicted octanol–water partition coefficient (Wildman–Crippen LogP) is 2.45. The molecule has 0 unspecified atom stereocenters. The molecule has 2 aliphatic rings. The van der Waals surface area contributed by atoms with Gasteiger partial charge in [0.25, 0.3) is 0 Å². The number of urea groups is 1. The molecule has 1 saturated carbocycles. The fourth-order valence-electron chi connectivity index (χ4n) is 4.46. The molecule has 126 valence electrons. The number of nitrogens with two attached hydrogens (primary N) is 1. The Labute approximate surface area is 134 Å². The Bertz CT molecular complexity index is 422. The topological polar surface area (TPSA) is 66.6 Å². The van der Waals surface area contributed by atoms with Crippen molar-refractivity contribution in [3.05, 3.63) is 0 Å². The molecule has 1 heterocycles. The molecule has 1 saturated heterocycles. The van der Waals surface area contributed by atoms with Crippen LogP contribution >= 0.6 is 0 Å². The molecular formula is C17H31N3O2. The lowest BCUT2D eigenvalue weighted by molar-refractivity contribution is -0.132. The molecule has 2 N–H and O–H groups in total. The molecule has 5 nitrogen and oxygen atoms in total. The molecule has 22 heavy (non-hydrogen) atoms. The summed E-state index contributed by atoms with van der Waals surface area (Å²) in [4.78, 5) is 27.4. The zero-order valence-electron chi connectivity index (χ0n) is 14.3. The van der Waals surface area contributed by atoms with Crippen LogP contribution in [0.5, 0.6) is 0 Å². The van der Waals surface area contributed by atoms with Crippen LogP contribution in [0.3, 0.4) is 0 Å². The van der Waals surface area contributed by atoms with Crippen molar-refractivity contribution >= 4 is 11.9 Å². The van der Waals surface area contributed by atoms with Crippen LogP contribution in [0.2, 0.25) is 0 Å². The maximum Gasteiger partial charge on any atom is 0.314 e. The molecule has 2 rings (SSSR count). The summed E-state index contributed by atoms with van der Waals surface area (Å²) < 4.78 is 0. The van der Waals surface area contributed by atoms with Crippen molar-refractivity contribution in [3.63, 3.8) is 0 Å². The van der Waals surface area contributed by atoms with Crippen LogP contribution in [0.15, 0.2) is 0 Å². The van der Waals surface area contributed by atoms with Crippen molar-refractivity contribution in [1.29, 1.82) is 0 Å². The minimum Gasteiger partial charge on any atom is -0.351 e. The van der Waals surface area contributed by atoms with E-state index in [4.69, 9.17) is 5.73 Å². The smallest absolute Gasteiger partial charge is 0.314 e. The summed E-state index contributed by atoms with van der Waals surface area (Å²) in [6.45, 7) is 9.52. The van der Waals surface area contributed by atoms with Gasteiger partial charge in [0.2, 0.25) is 5.91 Å². The monoisotopic (exact) mass is 309 g/mol. The second-order valence-electron chi connectivity index (χ2n) is 8.04. The standard InChI is InChI=1S/C17H31N3O2/c1-13-9-14(12-17(2,3)11-13)10-15(21)19-5-4-6-20(8-7-19)16(18)22/h13-14H,4-12H2,1-3H3,(H2,18,22)/t13-,14-/m1/s1.